The van der Waals surface area contributed by atoms with Gasteiger partial charge in [0.25, 0.3) is 0 Å². The number of halogens is 1. The number of esters is 1. The fourth-order valence-corrected chi connectivity index (χ4v) is 2.61. The van der Waals surface area contributed by atoms with Crippen molar-refractivity contribution in [1.82, 2.24) is 0 Å². The molecule has 1 aromatic carbocycles. The summed E-state index contributed by atoms with van der Waals surface area (Å²) in [6.45, 7) is 2.18. The van der Waals surface area contributed by atoms with Gasteiger partial charge in [0.05, 0.1) is 18.4 Å². The highest BCUT2D eigenvalue weighted by molar-refractivity contribution is 5.90. The molecule has 2 rings (SSSR count). The number of carbonyl (C=O) groups excluding carboxylic acids is 1. The maximum Gasteiger partial charge on any atom is 0.337 e. The van der Waals surface area contributed by atoms with Crippen molar-refractivity contribution in [3.63, 3.8) is 0 Å². The Kier molecular flexibility index (Phi) is 4.40. The quantitative estimate of drug-likeness (QED) is 0.849. The van der Waals surface area contributed by atoms with E-state index < -0.39 is 5.97 Å². The molecule has 0 heterocycles. The lowest BCUT2D eigenvalue weighted by Crippen LogP contribution is -2.30. The third kappa shape index (κ3) is 3.25. The predicted molar refractivity (Wildman–Crippen MR) is 72.8 cm³/mol. The second-order valence-corrected chi connectivity index (χ2v) is 5.20. The molecule has 19 heavy (non-hydrogen) atoms. The van der Waals surface area contributed by atoms with E-state index in [1.54, 1.807) is 0 Å². The molecular weight excluding hydrogens is 245 g/mol. The standard InChI is InChI=1S/C15H20FNO2/c1-10-5-3-4-6-13(10)17-14-9-11(15(18)19-2)7-8-12(14)16/h7-10,13,17H,3-6H2,1-2H3. The van der Waals surface area contributed by atoms with Gasteiger partial charge in [-0.2, -0.15) is 0 Å². The summed E-state index contributed by atoms with van der Waals surface area (Å²) >= 11 is 0. The monoisotopic (exact) mass is 265 g/mol. The van der Waals surface area contributed by atoms with Gasteiger partial charge in [0, 0.05) is 6.04 Å². The molecular formula is C15H20FNO2. The zero-order valence-electron chi connectivity index (χ0n) is 11.4. The number of hydrogen-bond acceptors (Lipinski definition) is 3. The maximum absolute atomic E-state index is 13.8. The zero-order valence-corrected chi connectivity index (χ0v) is 11.4. The number of rotatable bonds is 3. The fourth-order valence-electron chi connectivity index (χ4n) is 2.61. The van der Waals surface area contributed by atoms with Gasteiger partial charge < -0.3 is 10.1 Å². The van der Waals surface area contributed by atoms with Crippen LogP contribution >= 0.6 is 0 Å². The van der Waals surface area contributed by atoms with Crippen LogP contribution in [0, 0.1) is 11.7 Å². The summed E-state index contributed by atoms with van der Waals surface area (Å²) in [6.07, 6.45) is 4.61. The number of hydrogen-bond donors (Lipinski definition) is 1. The Morgan fingerprint density at radius 3 is 2.79 bits per heavy atom. The first-order chi connectivity index (χ1) is 9.11. The van der Waals surface area contributed by atoms with Gasteiger partial charge >= 0.3 is 5.97 Å². The fraction of sp³-hybridized carbons (Fsp3) is 0.533. The Balaban J connectivity index is 2.16. The Labute approximate surface area is 113 Å². The Morgan fingerprint density at radius 2 is 2.11 bits per heavy atom. The number of carbonyl (C=O) groups is 1. The second-order valence-electron chi connectivity index (χ2n) is 5.20. The highest BCUT2D eigenvalue weighted by Crippen LogP contribution is 2.28. The SMILES string of the molecule is COC(=O)c1ccc(F)c(NC2CCCCC2C)c1. The molecule has 1 aliphatic carbocycles. The third-order valence-electron chi connectivity index (χ3n) is 3.84. The molecule has 0 aromatic heterocycles. The van der Waals surface area contributed by atoms with Crippen LogP contribution in [-0.4, -0.2) is 19.1 Å². The molecule has 2 unspecified atom stereocenters. The molecule has 1 aromatic rings. The summed E-state index contributed by atoms with van der Waals surface area (Å²) in [5.74, 6) is -0.250. The lowest BCUT2D eigenvalue weighted by atomic mass is 9.86. The van der Waals surface area contributed by atoms with Crippen LogP contribution in [0.4, 0.5) is 10.1 Å². The van der Waals surface area contributed by atoms with Crippen LogP contribution in [0.5, 0.6) is 0 Å². The van der Waals surface area contributed by atoms with Crippen molar-refractivity contribution in [3.8, 4) is 0 Å². The summed E-state index contributed by atoms with van der Waals surface area (Å²) in [4.78, 5) is 11.5. The van der Waals surface area contributed by atoms with Gasteiger partial charge in [-0.25, -0.2) is 9.18 Å². The van der Waals surface area contributed by atoms with E-state index in [-0.39, 0.29) is 11.9 Å². The minimum absolute atomic E-state index is 0.274. The minimum Gasteiger partial charge on any atom is -0.465 e. The summed E-state index contributed by atoms with van der Waals surface area (Å²) in [7, 11) is 1.32. The summed E-state index contributed by atoms with van der Waals surface area (Å²) < 4.78 is 18.5. The molecule has 1 saturated carbocycles. The van der Waals surface area contributed by atoms with Crippen LogP contribution in [0.2, 0.25) is 0 Å². The minimum atomic E-state index is -0.445. The molecule has 1 fully saturated rings. The van der Waals surface area contributed by atoms with Crippen LogP contribution in [0.1, 0.15) is 43.0 Å². The van der Waals surface area contributed by atoms with Gasteiger partial charge in [0.2, 0.25) is 0 Å². The summed E-state index contributed by atoms with van der Waals surface area (Å²) in [5.41, 5.74) is 0.761. The normalized spacial score (nSPS) is 22.9. The van der Waals surface area contributed by atoms with E-state index in [9.17, 15) is 9.18 Å². The van der Waals surface area contributed by atoms with E-state index >= 15 is 0 Å². The Hall–Kier alpha value is -1.58. The average Bonchev–Trinajstić information content (AvgIpc) is 2.42. The maximum atomic E-state index is 13.8. The molecule has 0 aliphatic heterocycles. The number of anilines is 1. The van der Waals surface area contributed by atoms with Crippen LogP contribution in [0.25, 0.3) is 0 Å². The van der Waals surface area contributed by atoms with Crippen molar-refractivity contribution < 1.29 is 13.9 Å². The van der Waals surface area contributed by atoms with Gasteiger partial charge in [-0.15, -0.1) is 0 Å². The lowest BCUT2D eigenvalue weighted by Gasteiger charge is -2.30. The van der Waals surface area contributed by atoms with Gasteiger partial charge in [-0.3, -0.25) is 0 Å². The van der Waals surface area contributed by atoms with Crippen molar-refractivity contribution in [2.75, 3.05) is 12.4 Å². The van der Waals surface area contributed by atoms with E-state index in [2.05, 4.69) is 17.0 Å². The summed E-state index contributed by atoms with van der Waals surface area (Å²) in [6, 6.07) is 4.55. The first-order valence-electron chi connectivity index (χ1n) is 6.76. The molecule has 4 heteroatoms. The largest absolute Gasteiger partial charge is 0.465 e. The van der Waals surface area contributed by atoms with E-state index in [0.717, 1.165) is 12.8 Å². The van der Waals surface area contributed by atoms with Gasteiger partial charge in [-0.1, -0.05) is 19.8 Å². The van der Waals surface area contributed by atoms with Crippen molar-refractivity contribution in [3.05, 3.63) is 29.6 Å². The second kappa shape index (κ2) is 6.04. The first kappa shape index (κ1) is 13.8. The van der Waals surface area contributed by atoms with E-state index in [0.29, 0.717) is 17.2 Å². The first-order valence-corrected chi connectivity index (χ1v) is 6.76. The van der Waals surface area contributed by atoms with Crippen LogP contribution in [0.3, 0.4) is 0 Å². The van der Waals surface area contributed by atoms with Crippen molar-refractivity contribution in [2.24, 2.45) is 5.92 Å². The summed E-state index contributed by atoms with van der Waals surface area (Å²) in [5, 5.41) is 3.24. The van der Waals surface area contributed by atoms with E-state index in [1.807, 2.05) is 0 Å². The topological polar surface area (TPSA) is 38.3 Å². The molecule has 1 aliphatic rings. The molecule has 1 N–H and O–H groups in total. The van der Waals surface area contributed by atoms with E-state index in [4.69, 9.17) is 0 Å². The predicted octanol–water partition coefficient (Wildman–Crippen LogP) is 3.60. The van der Waals surface area contributed by atoms with E-state index in [1.165, 1.54) is 38.2 Å². The van der Waals surface area contributed by atoms with Crippen molar-refractivity contribution in [1.29, 1.82) is 0 Å². The molecule has 0 saturated heterocycles. The highest BCUT2D eigenvalue weighted by atomic mass is 19.1. The number of benzene rings is 1. The smallest absolute Gasteiger partial charge is 0.337 e. The van der Waals surface area contributed by atoms with Gasteiger partial charge in [0.1, 0.15) is 5.82 Å². The van der Waals surface area contributed by atoms with Crippen LogP contribution in [0.15, 0.2) is 18.2 Å². The number of ether oxygens (including phenoxy) is 1. The van der Waals surface area contributed by atoms with Crippen LogP contribution in [-0.2, 0) is 4.74 Å². The Morgan fingerprint density at radius 1 is 1.37 bits per heavy atom. The number of nitrogens with one attached hydrogen (secondary N) is 1. The zero-order chi connectivity index (χ0) is 13.8. The van der Waals surface area contributed by atoms with Gasteiger partial charge in [-0.05, 0) is 37.0 Å². The Bertz CT molecular complexity index is 461. The molecule has 3 nitrogen and oxygen atoms in total. The average molecular weight is 265 g/mol. The molecule has 0 radical (unpaired) electrons. The highest BCUT2D eigenvalue weighted by Gasteiger charge is 2.22. The lowest BCUT2D eigenvalue weighted by molar-refractivity contribution is 0.0600. The van der Waals surface area contributed by atoms with Crippen LogP contribution < -0.4 is 5.32 Å². The van der Waals surface area contributed by atoms with Crippen molar-refractivity contribution in [2.45, 2.75) is 38.6 Å². The molecule has 0 bridgehead atoms. The third-order valence-corrected chi connectivity index (χ3v) is 3.84. The molecule has 0 amide bonds. The molecule has 0 spiro atoms. The van der Waals surface area contributed by atoms with Crippen molar-refractivity contribution >= 4 is 11.7 Å². The number of methoxy groups -OCH3 is 1. The molecule has 2 atom stereocenters. The van der Waals surface area contributed by atoms with Gasteiger partial charge in [0.15, 0.2) is 0 Å². The molecule has 104 valence electrons.